The molecule has 1 aromatic heterocycles. The van der Waals surface area contributed by atoms with Gasteiger partial charge in [-0.1, -0.05) is 40.2 Å². The summed E-state index contributed by atoms with van der Waals surface area (Å²) in [4.78, 5) is 24.3. The van der Waals surface area contributed by atoms with E-state index in [1.807, 2.05) is 61.5 Å². The van der Waals surface area contributed by atoms with Gasteiger partial charge in [0.15, 0.2) is 0 Å². The van der Waals surface area contributed by atoms with Crippen LogP contribution in [0.4, 0.5) is 0 Å². The number of benzene rings is 3. The standard InChI is InChI=1S/C21H19BrN4O/c1-26(2)12-11-23-21(27)15-6-4-8-17-20(15)25-19-14-5-3-7-16(22)13(14)9-10-18(19)24-17/h3-10H,11-12H2,1-2H3,(H,23,27). The Bertz CT molecular complexity index is 1170. The lowest BCUT2D eigenvalue weighted by atomic mass is 10.1. The van der Waals surface area contributed by atoms with Crippen LogP contribution < -0.4 is 5.32 Å². The van der Waals surface area contributed by atoms with Gasteiger partial charge in [0.05, 0.1) is 22.1 Å². The van der Waals surface area contributed by atoms with Crippen molar-refractivity contribution in [1.82, 2.24) is 20.2 Å². The van der Waals surface area contributed by atoms with Crippen LogP contribution in [0.1, 0.15) is 10.4 Å². The van der Waals surface area contributed by atoms with Gasteiger partial charge < -0.3 is 10.2 Å². The molecule has 0 saturated carbocycles. The van der Waals surface area contributed by atoms with E-state index >= 15 is 0 Å². The van der Waals surface area contributed by atoms with Gasteiger partial charge in [0, 0.05) is 22.9 Å². The summed E-state index contributed by atoms with van der Waals surface area (Å²) in [6.07, 6.45) is 0. The molecule has 0 aliphatic rings. The maximum absolute atomic E-state index is 12.7. The average molecular weight is 423 g/mol. The number of para-hydroxylation sites is 1. The number of hydrogen-bond acceptors (Lipinski definition) is 4. The second-order valence-corrected chi connectivity index (χ2v) is 7.58. The Morgan fingerprint density at radius 2 is 1.74 bits per heavy atom. The van der Waals surface area contributed by atoms with Crippen molar-refractivity contribution in [3.63, 3.8) is 0 Å². The highest BCUT2D eigenvalue weighted by molar-refractivity contribution is 9.10. The molecule has 1 heterocycles. The first-order chi connectivity index (χ1) is 13.0. The summed E-state index contributed by atoms with van der Waals surface area (Å²) in [5.41, 5.74) is 3.51. The van der Waals surface area contributed by atoms with E-state index in [1.54, 1.807) is 6.07 Å². The predicted molar refractivity (Wildman–Crippen MR) is 113 cm³/mol. The third kappa shape index (κ3) is 3.38. The second kappa shape index (κ2) is 7.21. The third-order valence-corrected chi connectivity index (χ3v) is 5.22. The quantitative estimate of drug-likeness (QED) is 0.399. The first kappa shape index (κ1) is 17.8. The first-order valence-corrected chi connectivity index (χ1v) is 9.54. The van der Waals surface area contributed by atoms with E-state index in [1.165, 1.54) is 0 Å². The van der Waals surface area contributed by atoms with Gasteiger partial charge in [-0.25, -0.2) is 9.97 Å². The zero-order valence-corrected chi connectivity index (χ0v) is 16.7. The monoisotopic (exact) mass is 422 g/mol. The van der Waals surface area contributed by atoms with Gasteiger partial charge in [0.2, 0.25) is 0 Å². The van der Waals surface area contributed by atoms with Gasteiger partial charge in [-0.3, -0.25) is 4.79 Å². The molecule has 3 aromatic carbocycles. The molecule has 27 heavy (non-hydrogen) atoms. The number of likely N-dealkylation sites (N-methyl/N-ethyl adjacent to an activating group) is 1. The van der Waals surface area contributed by atoms with Crippen molar-refractivity contribution < 1.29 is 4.79 Å². The molecule has 4 aromatic rings. The molecule has 0 spiro atoms. The Morgan fingerprint density at radius 3 is 2.56 bits per heavy atom. The number of nitrogens with one attached hydrogen (secondary N) is 1. The summed E-state index contributed by atoms with van der Waals surface area (Å²) < 4.78 is 1.01. The third-order valence-electron chi connectivity index (χ3n) is 4.53. The van der Waals surface area contributed by atoms with Crippen molar-refractivity contribution in [3.05, 3.63) is 58.6 Å². The van der Waals surface area contributed by atoms with Crippen LogP contribution in [0.3, 0.4) is 0 Å². The van der Waals surface area contributed by atoms with Crippen LogP contribution in [0.15, 0.2) is 53.0 Å². The number of fused-ring (bicyclic) bond motifs is 4. The van der Waals surface area contributed by atoms with Crippen LogP contribution in [-0.2, 0) is 0 Å². The van der Waals surface area contributed by atoms with Gasteiger partial charge in [0.1, 0.15) is 5.52 Å². The number of amides is 1. The summed E-state index contributed by atoms with van der Waals surface area (Å²) >= 11 is 3.59. The summed E-state index contributed by atoms with van der Waals surface area (Å²) in [6, 6.07) is 15.6. The van der Waals surface area contributed by atoms with E-state index in [0.717, 1.165) is 38.3 Å². The van der Waals surface area contributed by atoms with Crippen molar-refractivity contribution in [2.24, 2.45) is 0 Å². The van der Waals surface area contributed by atoms with Gasteiger partial charge in [0.25, 0.3) is 5.91 Å². The van der Waals surface area contributed by atoms with E-state index in [4.69, 9.17) is 9.97 Å². The Kier molecular flexibility index (Phi) is 4.76. The largest absolute Gasteiger partial charge is 0.351 e. The van der Waals surface area contributed by atoms with Crippen LogP contribution in [0.5, 0.6) is 0 Å². The molecule has 0 bridgehead atoms. The maximum Gasteiger partial charge on any atom is 0.253 e. The number of hydrogen-bond donors (Lipinski definition) is 1. The van der Waals surface area contributed by atoms with E-state index in [2.05, 4.69) is 21.2 Å². The molecule has 0 aliphatic heterocycles. The smallest absolute Gasteiger partial charge is 0.253 e. The molecule has 1 amide bonds. The van der Waals surface area contributed by atoms with Crippen LogP contribution in [0, 0.1) is 0 Å². The fourth-order valence-electron chi connectivity index (χ4n) is 3.15. The minimum absolute atomic E-state index is 0.127. The fraction of sp³-hybridized carbons (Fsp3) is 0.190. The minimum atomic E-state index is -0.127. The molecule has 0 fully saturated rings. The fourth-order valence-corrected chi connectivity index (χ4v) is 3.65. The van der Waals surface area contributed by atoms with Crippen molar-refractivity contribution >= 4 is 54.7 Å². The van der Waals surface area contributed by atoms with E-state index < -0.39 is 0 Å². The molecule has 6 heteroatoms. The molecular formula is C21H19BrN4O. The topological polar surface area (TPSA) is 58.1 Å². The van der Waals surface area contributed by atoms with Gasteiger partial charge in [-0.2, -0.15) is 0 Å². The van der Waals surface area contributed by atoms with Gasteiger partial charge in [-0.15, -0.1) is 0 Å². The predicted octanol–water partition coefficient (Wildman–Crippen LogP) is 3.99. The SMILES string of the molecule is CN(C)CCNC(=O)c1cccc2nc3ccc4c(Br)cccc4c3nc12. The van der Waals surface area contributed by atoms with Crippen LogP contribution in [-0.4, -0.2) is 48.0 Å². The summed E-state index contributed by atoms with van der Waals surface area (Å²) in [5.74, 6) is -0.127. The molecule has 136 valence electrons. The Labute approximate surface area is 165 Å². The maximum atomic E-state index is 12.7. The van der Waals surface area contributed by atoms with Crippen LogP contribution in [0.2, 0.25) is 0 Å². The van der Waals surface area contributed by atoms with E-state index in [0.29, 0.717) is 17.6 Å². The number of nitrogens with zero attached hydrogens (tertiary/aromatic N) is 3. The molecular weight excluding hydrogens is 404 g/mol. The van der Waals surface area contributed by atoms with Crippen molar-refractivity contribution in [2.75, 3.05) is 27.2 Å². The Balaban J connectivity index is 1.87. The van der Waals surface area contributed by atoms with E-state index in [9.17, 15) is 4.79 Å². The highest BCUT2D eigenvalue weighted by Gasteiger charge is 2.14. The lowest BCUT2D eigenvalue weighted by Gasteiger charge is -2.12. The highest BCUT2D eigenvalue weighted by atomic mass is 79.9. The zero-order chi connectivity index (χ0) is 19.0. The number of halogens is 1. The number of carbonyl (C=O) groups excluding carboxylic acids is 1. The molecule has 0 aliphatic carbocycles. The van der Waals surface area contributed by atoms with Crippen LogP contribution >= 0.6 is 15.9 Å². The minimum Gasteiger partial charge on any atom is -0.351 e. The molecule has 1 N–H and O–H groups in total. The molecule has 0 atom stereocenters. The molecule has 4 rings (SSSR count). The normalized spacial score (nSPS) is 11.6. The Morgan fingerprint density at radius 1 is 0.963 bits per heavy atom. The summed E-state index contributed by atoms with van der Waals surface area (Å²) in [5, 5.41) is 5.05. The van der Waals surface area contributed by atoms with Crippen molar-refractivity contribution in [1.29, 1.82) is 0 Å². The summed E-state index contributed by atoms with van der Waals surface area (Å²) in [6.45, 7) is 1.36. The van der Waals surface area contributed by atoms with Crippen molar-refractivity contribution in [3.8, 4) is 0 Å². The highest BCUT2D eigenvalue weighted by Crippen LogP contribution is 2.30. The first-order valence-electron chi connectivity index (χ1n) is 8.75. The zero-order valence-electron chi connectivity index (χ0n) is 15.2. The molecule has 0 unspecified atom stereocenters. The van der Waals surface area contributed by atoms with Gasteiger partial charge in [-0.05, 0) is 43.7 Å². The second-order valence-electron chi connectivity index (χ2n) is 6.72. The summed E-state index contributed by atoms with van der Waals surface area (Å²) in [7, 11) is 3.95. The molecule has 0 saturated heterocycles. The molecule has 5 nitrogen and oxygen atoms in total. The lowest BCUT2D eigenvalue weighted by Crippen LogP contribution is -2.31. The number of rotatable bonds is 4. The average Bonchev–Trinajstić information content (AvgIpc) is 2.65. The van der Waals surface area contributed by atoms with Gasteiger partial charge >= 0.3 is 0 Å². The number of aromatic nitrogens is 2. The molecule has 0 radical (unpaired) electrons. The Hall–Kier alpha value is -2.57. The lowest BCUT2D eigenvalue weighted by molar-refractivity contribution is 0.0952. The van der Waals surface area contributed by atoms with Crippen LogP contribution in [0.25, 0.3) is 32.8 Å². The van der Waals surface area contributed by atoms with Crippen molar-refractivity contribution in [2.45, 2.75) is 0 Å². The number of carbonyl (C=O) groups is 1. The van der Waals surface area contributed by atoms with E-state index in [-0.39, 0.29) is 5.91 Å².